The monoisotopic (exact) mass is 390 g/mol. The molecule has 2 aromatic heterocycles. The standard InChI is InChI=1S/C14H17F3N6O2S/c1-10-19-12(14(15,16)17)7-13(20-10)22-3-5-23(6-4-22)26(24,25)11-8-18-21(2)9-11/h7-9H,3-6H2,1-2H3. The molecule has 1 fully saturated rings. The van der Waals surface area contributed by atoms with Crippen LogP contribution < -0.4 is 4.90 Å². The second-order valence-corrected chi connectivity index (χ2v) is 7.84. The molecule has 0 aliphatic carbocycles. The first-order valence-corrected chi connectivity index (χ1v) is 9.18. The molecule has 0 spiro atoms. The molecule has 3 rings (SSSR count). The van der Waals surface area contributed by atoms with Crippen LogP contribution in [0.2, 0.25) is 0 Å². The molecule has 1 aliphatic rings. The summed E-state index contributed by atoms with van der Waals surface area (Å²) in [6.07, 6.45) is -1.88. The fourth-order valence-corrected chi connectivity index (χ4v) is 4.11. The van der Waals surface area contributed by atoms with Crippen molar-refractivity contribution in [3.8, 4) is 0 Å². The number of halogens is 3. The Kier molecular flexibility index (Phi) is 4.65. The van der Waals surface area contributed by atoms with Gasteiger partial charge in [-0.25, -0.2) is 18.4 Å². The summed E-state index contributed by atoms with van der Waals surface area (Å²) in [6, 6.07) is 0.887. The molecule has 1 aliphatic heterocycles. The van der Waals surface area contributed by atoms with Gasteiger partial charge < -0.3 is 4.90 Å². The van der Waals surface area contributed by atoms with Crippen molar-refractivity contribution in [2.45, 2.75) is 18.0 Å². The molecule has 0 radical (unpaired) electrons. The largest absolute Gasteiger partial charge is 0.433 e. The molecule has 0 atom stereocenters. The van der Waals surface area contributed by atoms with Crippen molar-refractivity contribution in [1.29, 1.82) is 0 Å². The number of hydrogen-bond acceptors (Lipinski definition) is 6. The maximum atomic E-state index is 12.9. The molecule has 2 aromatic rings. The third kappa shape index (κ3) is 3.65. The van der Waals surface area contributed by atoms with E-state index >= 15 is 0 Å². The van der Waals surface area contributed by atoms with Crippen LogP contribution in [0.3, 0.4) is 0 Å². The van der Waals surface area contributed by atoms with Gasteiger partial charge in [0, 0.05) is 45.5 Å². The predicted octanol–water partition coefficient (Wildman–Crippen LogP) is 1.05. The second-order valence-electron chi connectivity index (χ2n) is 5.90. The summed E-state index contributed by atoms with van der Waals surface area (Å²) in [7, 11) is -2.06. The lowest BCUT2D eigenvalue weighted by molar-refractivity contribution is -0.141. The van der Waals surface area contributed by atoms with Gasteiger partial charge in [-0.3, -0.25) is 4.68 Å². The zero-order chi connectivity index (χ0) is 19.1. The van der Waals surface area contributed by atoms with Crippen LogP contribution >= 0.6 is 0 Å². The van der Waals surface area contributed by atoms with E-state index in [1.54, 1.807) is 11.9 Å². The SMILES string of the molecule is Cc1nc(N2CCN(S(=O)(=O)c3cnn(C)c3)CC2)cc(C(F)(F)F)n1. The fourth-order valence-electron chi connectivity index (χ4n) is 2.70. The fraction of sp³-hybridized carbons (Fsp3) is 0.500. The van der Waals surface area contributed by atoms with E-state index in [4.69, 9.17) is 0 Å². The molecule has 0 amide bonds. The van der Waals surface area contributed by atoms with Gasteiger partial charge in [-0.15, -0.1) is 0 Å². The number of nitrogens with zero attached hydrogens (tertiary/aromatic N) is 6. The molecular weight excluding hydrogens is 373 g/mol. The molecule has 0 unspecified atom stereocenters. The van der Waals surface area contributed by atoms with Gasteiger partial charge in [0.1, 0.15) is 22.2 Å². The Bertz CT molecular complexity index is 904. The van der Waals surface area contributed by atoms with Crippen molar-refractivity contribution in [2.75, 3.05) is 31.1 Å². The molecule has 142 valence electrons. The molecule has 12 heteroatoms. The van der Waals surface area contributed by atoms with Crippen LogP contribution in [0.4, 0.5) is 19.0 Å². The molecule has 8 nitrogen and oxygen atoms in total. The Morgan fingerprint density at radius 2 is 1.77 bits per heavy atom. The van der Waals surface area contributed by atoms with E-state index in [2.05, 4.69) is 15.1 Å². The van der Waals surface area contributed by atoms with Crippen molar-refractivity contribution >= 4 is 15.8 Å². The summed E-state index contributed by atoms with van der Waals surface area (Å²) in [5.41, 5.74) is -1.01. The van der Waals surface area contributed by atoms with Crippen LogP contribution in [-0.2, 0) is 23.2 Å². The van der Waals surface area contributed by atoms with Crippen LogP contribution in [0.5, 0.6) is 0 Å². The van der Waals surface area contributed by atoms with Crippen LogP contribution in [0.15, 0.2) is 23.4 Å². The summed E-state index contributed by atoms with van der Waals surface area (Å²) < 4.78 is 66.6. The van der Waals surface area contributed by atoms with E-state index in [0.717, 1.165) is 6.07 Å². The van der Waals surface area contributed by atoms with Gasteiger partial charge >= 0.3 is 6.18 Å². The molecule has 0 N–H and O–H groups in total. The summed E-state index contributed by atoms with van der Waals surface area (Å²) >= 11 is 0. The van der Waals surface area contributed by atoms with Gasteiger partial charge in [0.15, 0.2) is 0 Å². The zero-order valence-corrected chi connectivity index (χ0v) is 14.9. The first-order valence-electron chi connectivity index (χ1n) is 7.74. The van der Waals surface area contributed by atoms with Crippen LogP contribution in [-0.4, -0.2) is 58.7 Å². The highest BCUT2D eigenvalue weighted by Gasteiger charge is 2.35. The number of anilines is 1. The number of aromatic nitrogens is 4. The topological polar surface area (TPSA) is 84.2 Å². The molecule has 0 bridgehead atoms. The molecular formula is C14H17F3N6O2S. The molecule has 0 aromatic carbocycles. The Morgan fingerprint density at radius 3 is 2.31 bits per heavy atom. The highest BCUT2D eigenvalue weighted by Crippen LogP contribution is 2.30. The van der Waals surface area contributed by atoms with Crippen molar-refractivity contribution in [3.63, 3.8) is 0 Å². The van der Waals surface area contributed by atoms with Crippen molar-refractivity contribution < 1.29 is 21.6 Å². The van der Waals surface area contributed by atoms with E-state index in [-0.39, 0.29) is 42.7 Å². The molecule has 0 saturated carbocycles. The van der Waals surface area contributed by atoms with Gasteiger partial charge in [0.25, 0.3) is 0 Å². The Hall–Kier alpha value is -2.21. The van der Waals surface area contributed by atoms with E-state index in [0.29, 0.717) is 0 Å². The van der Waals surface area contributed by atoms with E-state index < -0.39 is 21.9 Å². The third-order valence-corrected chi connectivity index (χ3v) is 5.85. The quantitative estimate of drug-likeness (QED) is 0.779. The second kappa shape index (κ2) is 6.50. The van der Waals surface area contributed by atoms with Crippen molar-refractivity contribution in [1.82, 2.24) is 24.1 Å². The van der Waals surface area contributed by atoms with Crippen LogP contribution in [0.25, 0.3) is 0 Å². The Labute approximate surface area is 148 Å². The zero-order valence-electron chi connectivity index (χ0n) is 14.1. The highest BCUT2D eigenvalue weighted by atomic mass is 32.2. The van der Waals surface area contributed by atoms with Crippen LogP contribution in [0, 0.1) is 6.92 Å². The predicted molar refractivity (Wildman–Crippen MR) is 86.0 cm³/mol. The average Bonchev–Trinajstić information content (AvgIpc) is 3.01. The lowest BCUT2D eigenvalue weighted by Crippen LogP contribution is -2.49. The van der Waals surface area contributed by atoms with Gasteiger partial charge in [-0.2, -0.15) is 22.6 Å². The highest BCUT2D eigenvalue weighted by molar-refractivity contribution is 7.89. The number of rotatable bonds is 3. The lowest BCUT2D eigenvalue weighted by Gasteiger charge is -2.34. The average molecular weight is 390 g/mol. The first-order chi connectivity index (χ1) is 12.1. The number of aryl methyl sites for hydroxylation is 2. The van der Waals surface area contributed by atoms with E-state index in [1.165, 1.54) is 28.3 Å². The van der Waals surface area contributed by atoms with Gasteiger partial charge in [0.05, 0.1) is 6.20 Å². The number of piperazine rings is 1. The summed E-state index contributed by atoms with van der Waals surface area (Å²) in [5.74, 6) is 0.156. The molecule has 26 heavy (non-hydrogen) atoms. The number of alkyl halides is 3. The summed E-state index contributed by atoms with van der Waals surface area (Å²) in [6.45, 7) is 2.13. The maximum absolute atomic E-state index is 12.9. The minimum Gasteiger partial charge on any atom is -0.354 e. The molecule has 3 heterocycles. The lowest BCUT2D eigenvalue weighted by atomic mass is 10.3. The van der Waals surface area contributed by atoms with Gasteiger partial charge in [0.2, 0.25) is 10.0 Å². The maximum Gasteiger partial charge on any atom is 0.433 e. The normalized spacial score (nSPS) is 16.9. The van der Waals surface area contributed by atoms with Crippen LogP contribution in [0.1, 0.15) is 11.5 Å². The van der Waals surface area contributed by atoms with E-state index in [9.17, 15) is 21.6 Å². The van der Waals surface area contributed by atoms with Crippen molar-refractivity contribution in [3.05, 3.63) is 30.0 Å². The number of sulfonamides is 1. The minimum atomic E-state index is -4.56. The third-order valence-electron chi connectivity index (χ3n) is 4.00. The van der Waals surface area contributed by atoms with Gasteiger partial charge in [-0.05, 0) is 6.92 Å². The van der Waals surface area contributed by atoms with E-state index in [1.807, 2.05) is 0 Å². The minimum absolute atomic E-state index is 0.0141. The van der Waals surface area contributed by atoms with Gasteiger partial charge in [-0.1, -0.05) is 0 Å². The Balaban J connectivity index is 1.76. The number of hydrogen-bond donors (Lipinski definition) is 0. The smallest absolute Gasteiger partial charge is 0.354 e. The molecule has 1 saturated heterocycles. The van der Waals surface area contributed by atoms with Crippen molar-refractivity contribution in [2.24, 2.45) is 7.05 Å². The summed E-state index contributed by atoms with van der Waals surface area (Å²) in [5, 5.41) is 3.86. The Morgan fingerprint density at radius 1 is 1.12 bits per heavy atom. The first kappa shape index (κ1) is 18.6. The summed E-state index contributed by atoms with van der Waals surface area (Å²) in [4.78, 5) is 9.18.